The maximum atomic E-state index is 12.3. The second-order valence-electron chi connectivity index (χ2n) is 6.82. The van der Waals surface area contributed by atoms with E-state index in [2.05, 4.69) is 17.1 Å². The molecule has 0 aliphatic carbocycles. The summed E-state index contributed by atoms with van der Waals surface area (Å²) >= 11 is 0. The van der Waals surface area contributed by atoms with Gasteiger partial charge in [0.25, 0.3) is 0 Å². The fourth-order valence-electron chi connectivity index (χ4n) is 3.26. The van der Waals surface area contributed by atoms with E-state index < -0.39 is 10.0 Å². The minimum absolute atomic E-state index is 0.0501. The highest BCUT2D eigenvalue weighted by atomic mass is 32.2. The lowest BCUT2D eigenvalue weighted by molar-refractivity contribution is 0.182. The van der Waals surface area contributed by atoms with E-state index in [9.17, 15) is 8.42 Å². The number of sulfonamides is 1. The molecule has 0 amide bonds. The van der Waals surface area contributed by atoms with Crippen molar-refractivity contribution in [2.45, 2.75) is 12.5 Å². The Balaban J connectivity index is 1.85. The predicted molar refractivity (Wildman–Crippen MR) is 101 cm³/mol. The zero-order chi connectivity index (χ0) is 18.7. The summed E-state index contributed by atoms with van der Waals surface area (Å²) in [4.78, 5) is 4.50. The lowest BCUT2D eigenvalue weighted by atomic mass is 10.0. The Labute approximate surface area is 154 Å². The van der Waals surface area contributed by atoms with E-state index in [0.29, 0.717) is 19.8 Å². The summed E-state index contributed by atoms with van der Waals surface area (Å²) in [6, 6.07) is 8.13. The van der Waals surface area contributed by atoms with Crippen LogP contribution in [0.15, 0.2) is 36.7 Å². The number of imidazole rings is 1. The molecule has 1 fully saturated rings. The first-order valence-corrected chi connectivity index (χ1v) is 10.3. The van der Waals surface area contributed by atoms with Crippen molar-refractivity contribution >= 4 is 10.0 Å². The van der Waals surface area contributed by atoms with Crippen molar-refractivity contribution in [1.29, 1.82) is 0 Å². The smallest absolute Gasteiger partial charge is 0.214 e. The zero-order valence-electron chi connectivity index (χ0n) is 15.2. The van der Waals surface area contributed by atoms with E-state index in [4.69, 9.17) is 10.5 Å². The molecule has 2 heterocycles. The van der Waals surface area contributed by atoms with Crippen molar-refractivity contribution in [2.24, 2.45) is 11.7 Å². The zero-order valence-corrected chi connectivity index (χ0v) is 16.0. The van der Waals surface area contributed by atoms with Crippen LogP contribution in [-0.4, -0.2) is 61.9 Å². The molecule has 0 bridgehead atoms. The quantitative estimate of drug-likeness (QED) is 0.780. The van der Waals surface area contributed by atoms with Gasteiger partial charge in [0.2, 0.25) is 10.0 Å². The van der Waals surface area contributed by atoms with Gasteiger partial charge in [-0.25, -0.2) is 17.7 Å². The number of ether oxygens (including phenoxy) is 1. The van der Waals surface area contributed by atoms with Crippen molar-refractivity contribution < 1.29 is 13.2 Å². The van der Waals surface area contributed by atoms with E-state index in [0.717, 1.165) is 17.8 Å². The third-order valence-electron chi connectivity index (χ3n) is 4.82. The third kappa shape index (κ3) is 3.98. The minimum atomic E-state index is -3.29. The number of hydrogen-bond donors (Lipinski definition) is 1. The maximum absolute atomic E-state index is 12.3. The highest BCUT2D eigenvalue weighted by molar-refractivity contribution is 7.89. The standard InChI is InChI=1S/C18H26N4O3S/c1-21(2)26(23,24)13-16-11-25-12-17(16)22-10-9-20-18(22)15-5-3-14(4-6-15)7-8-19/h3-6,9-10,16-17H,7-8,11-13,19H2,1-2H3/t16-,17+/m0/s1. The summed E-state index contributed by atoms with van der Waals surface area (Å²) < 4.78 is 33.5. The van der Waals surface area contributed by atoms with Crippen molar-refractivity contribution in [2.75, 3.05) is 39.6 Å². The van der Waals surface area contributed by atoms with Crippen molar-refractivity contribution in [3.05, 3.63) is 42.2 Å². The molecule has 2 atom stereocenters. The van der Waals surface area contributed by atoms with Crippen LogP contribution in [0.25, 0.3) is 11.4 Å². The Morgan fingerprint density at radius 1 is 1.27 bits per heavy atom. The lowest BCUT2D eigenvalue weighted by Gasteiger charge is -2.22. The Bertz CT molecular complexity index is 830. The van der Waals surface area contributed by atoms with Crippen LogP contribution in [0.3, 0.4) is 0 Å². The molecule has 142 valence electrons. The van der Waals surface area contributed by atoms with Crippen LogP contribution in [0.5, 0.6) is 0 Å². The van der Waals surface area contributed by atoms with E-state index >= 15 is 0 Å². The molecule has 0 saturated carbocycles. The molecule has 7 nitrogen and oxygen atoms in total. The summed E-state index contributed by atoms with van der Waals surface area (Å²) in [5, 5.41) is 0. The Hall–Kier alpha value is -1.74. The monoisotopic (exact) mass is 378 g/mol. The Morgan fingerprint density at radius 2 is 2.00 bits per heavy atom. The van der Waals surface area contributed by atoms with Gasteiger partial charge in [-0.15, -0.1) is 0 Å². The van der Waals surface area contributed by atoms with Crippen molar-refractivity contribution in [3.63, 3.8) is 0 Å². The predicted octanol–water partition coefficient (Wildman–Crippen LogP) is 1.13. The molecule has 26 heavy (non-hydrogen) atoms. The van der Waals surface area contributed by atoms with Crippen molar-refractivity contribution in [1.82, 2.24) is 13.9 Å². The molecule has 2 aromatic rings. The van der Waals surface area contributed by atoms with Crippen LogP contribution < -0.4 is 5.73 Å². The SMILES string of the molecule is CN(C)S(=O)(=O)C[C@@H]1COC[C@H]1n1ccnc1-c1ccc(CCN)cc1. The number of aromatic nitrogens is 2. The molecule has 3 rings (SSSR count). The minimum Gasteiger partial charge on any atom is -0.379 e. The van der Waals surface area contributed by atoms with Crippen LogP contribution in [0.2, 0.25) is 0 Å². The van der Waals surface area contributed by atoms with Gasteiger partial charge >= 0.3 is 0 Å². The molecule has 1 aromatic carbocycles. The largest absolute Gasteiger partial charge is 0.379 e. The number of hydrogen-bond acceptors (Lipinski definition) is 5. The van der Waals surface area contributed by atoms with Gasteiger partial charge in [0.1, 0.15) is 5.82 Å². The van der Waals surface area contributed by atoms with E-state index in [1.807, 2.05) is 22.9 Å². The second kappa shape index (κ2) is 7.87. The lowest BCUT2D eigenvalue weighted by Crippen LogP contribution is -2.32. The Kier molecular flexibility index (Phi) is 5.76. The van der Waals surface area contributed by atoms with Gasteiger partial charge in [0.05, 0.1) is 25.0 Å². The highest BCUT2D eigenvalue weighted by Crippen LogP contribution is 2.31. The summed E-state index contributed by atoms with van der Waals surface area (Å²) in [5.74, 6) is 0.788. The molecule has 1 aliphatic rings. The number of benzene rings is 1. The van der Waals surface area contributed by atoms with Gasteiger partial charge in [-0.05, 0) is 18.5 Å². The highest BCUT2D eigenvalue weighted by Gasteiger charge is 2.35. The van der Waals surface area contributed by atoms with Gasteiger partial charge in [-0.2, -0.15) is 0 Å². The van der Waals surface area contributed by atoms with Gasteiger partial charge < -0.3 is 15.0 Å². The number of rotatable bonds is 7. The van der Waals surface area contributed by atoms with Crippen molar-refractivity contribution in [3.8, 4) is 11.4 Å². The molecular formula is C18H26N4O3S. The molecule has 2 N–H and O–H groups in total. The van der Waals surface area contributed by atoms with E-state index in [1.54, 1.807) is 20.3 Å². The van der Waals surface area contributed by atoms with Crippen LogP contribution >= 0.6 is 0 Å². The van der Waals surface area contributed by atoms with Crippen LogP contribution in [0, 0.1) is 5.92 Å². The molecule has 0 radical (unpaired) electrons. The normalized spacial score (nSPS) is 20.8. The Morgan fingerprint density at radius 3 is 2.65 bits per heavy atom. The molecule has 0 unspecified atom stereocenters. The topological polar surface area (TPSA) is 90.5 Å². The fraction of sp³-hybridized carbons (Fsp3) is 0.500. The van der Waals surface area contributed by atoms with E-state index in [1.165, 1.54) is 9.87 Å². The molecular weight excluding hydrogens is 352 g/mol. The first-order valence-electron chi connectivity index (χ1n) is 8.72. The van der Waals surface area contributed by atoms with Crippen LogP contribution in [0.4, 0.5) is 0 Å². The van der Waals surface area contributed by atoms with Gasteiger partial charge in [0, 0.05) is 38.0 Å². The summed E-state index contributed by atoms with van der Waals surface area (Å²) in [6.45, 7) is 1.54. The fourth-order valence-corrected chi connectivity index (χ4v) is 4.42. The third-order valence-corrected chi connectivity index (χ3v) is 6.78. The van der Waals surface area contributed by atoms with E-state index in [-0.39, 0.29) is 17.7 Å². The summed E-state index contributed by atoms with van der Waals surface area (Å²) in [6.07, 6.45) is 4.49. The molecule has 1 aliphatic heterocycles. The maximum Gasteiger partial charge on any atom is 0.214 e. The second-order valence-corrected chi connectivity index (χ2v) is 9.05. The number of nitrogens with two attached hydrogens (primary N) is 1. The van der Waals surface area contributed by atoms with Crippen LogP contribution in [-0.2, 0) is 21.2 Å². The summed E-state index contributed by atoms with van der Waals surface area (Å²) in [5.41, 5.74) is 7.79. The van der Waals surface area contributed by atoms with Gasteiger partial charge in [-0.1, -0.05) is 24.3 Å². The summed E-state index contributed by atoms with van der Waals surface area (Å²) in [7, 11) is -0.165. The average molecular weight is 378 g/mol. The molecule has 1 aromatic heterocycles. The van der Waals surface area contributed by atoms with Gasteiger partial charge in [0.15, 0.2) is 0 Å². The molecule has 0 spiro atoms. The van der Waals surface area contributed by atoms with Crippen LogP contribution in [0.1, 0.15) is 11.6 Å². The van der Waals surface area contributed by atoms with Gasteiger partial charge in [-0.3, -0.25) is 0 Å². The average Bonchev–Trinajstić information content (AvgIpc) is 3.24. The molecule has 1 saturated heterocycles. The molecule has 8 heteroatoms. The first-order chi connectivity index (χ1) is 12.4. The number of nitrogens with zero attached hydrogens (tertiary/aromatic N) is 3. The first kappa shape index (κ1) is 19.0.